The fourth-order valence-electron chi connectivity index (χ4n) is 1.79. The number of thioether (sulfide) groups is 1. The SMILES string of the molecule is CCNC(=NCCS(=O)(=O)C(C)(C)C)NCCSc1ccc(Cl)cc1. The molecular formula is C17H28ClN3O2S2. The van der Waals surface area contributed by atoms with Crippen LogP contribution in [-0.4, -0.2) is 50.3 Å². The fourth-order valence-corrected chi connectivity index (χ4v) is 3.63. The summed E-state index contributed by atoms with van der Waals surface area (Å²) in [6, 6.07) is 7.73. The van der Waals surface area contributed by atoms with Gasteiger partial charge < -0.3 is 10.6 Å². The zero-order chi connectivity index (χ0) is 18.9. The van der Waals surface area contributed by atoms with Gasteiger partial charge in [-0.3, -0.25) is 4.99 Å². The smallest absolute Gasteiger partial charge is 0.191 e. The van der Waals surface area contributed by atoms with Gasteiger partial charge in [0.2, 0.25) is 0 Å². The van der Waals surface area contributed by atoms with E-state index < -0.39 is 14.6 Å². The van der Waals surface area contributed by atoms with Crippen molar-refractivity contribution < 1.29 is 8.42 Å². The Morgan fingerprint density at radius 3 is 2.40 bits per heavy atom. The van der Waals surface area contributed by atoms with Gasteiger partial charge in [-0.1, -0.05) is 11.6 Å². The first-order valence-corrected chi connectivity index (χ1v) is 11.3. The lowest BCUT2D eigenvalue weighted by atomic mass is 10.3. The minimum atomic E-state index is -3.15. The highest BCUT2D eigenvalue weighted by atomic mass is 35.5. The summed E-state index contributed by atoms with van der Waals surface area (Å²) < 4.78 is 23.5. The van der Waals surface area contributed by atoms with Crippen molar-refractivity contribution in [1.29, 1.82) is 0 Å². The Labute approximate surface area is 160 Å². The topological polar surface area (TPSA) is 70.6 Å². The average molecular weight is 406 g/mol. The number of nitrogens with one attached hydrogen (secondary N) is 2. The van der Waals surface area contributed by atoms with Gasteiger partial charge >= 0.3 is 0 Å². The zero-order valence-electron chi connectivity index (χ0n) is 15.3. The minimum absolute atomic E-state index is 0.0482. The van der Waals surface area contributed by atoms with Gasteiger partial charge in [0.05, 0.1) is 17.0 Å². The molecule has 0 aliphatic carbocycles. The quantitative estimate of drug-likeness (QED) is 0.301. The molecule has 1 rings (SSSR count). The zero-order valence-corrected chi connectivity index (χ0v) is 17.7. The molecule has 2 N–H and O–H groups in total. The van der Waals surface area contributed by atoms with Gasteiger partial charge in [0, 0.05) is 28.8 Å². The number of hydrogen-bond acceptors (Lipinski definition) is 4. The first-order valence-electron chi connectivity index (χ1n) is 8.28. The van der Waals surface area contributed by atoms with Crippen molar-refractivity contribution >= 4 is 39.2 Å². The molecule has 0 fully saturated rings. The predicted molar refractivity (Wildman–Crippen MR) is 110 cm³/mol. The lowest BCUT2D eigenvalue weighted by Gasteiger charge is -2.18. The van der Waals surface area contributed by atoms with E-state index in [1.165, 1.54) is 0 Å². The number of sulfone groups is 1. The summed E-state index contributed by atoms with van der Waals surface area (Å²) in [5, 5.41) is 7.09. The van der Waals surface area contributed by atoms with Crippen molar-refractivity contribution in [2.75, 3.05) is 31.1 Å². The molecule has 0 heterocycles. The number of halogens is 1. The Morgan fingerprint density at radius 2 is 1.84 bits per heavy atom. The Balaban J connectivity index is 2.44. The van der Waals surface area contributed by atoms with Crippen LogP contribution in [0.15, 0.2) is 34.2 Å². The Bertz CT molecular complexity index is 653. The summed E-state index contributed by atoms with van der Waals surface area (Å²) in [5.74, 6) is 1.56. The van der Waals surface area contributed by atoms with E-state index in [-0.39, 0.29) is 12.3 Å². The van der Waals surface area contributed by atoms with E-state index in [2.05, 4.69) is 15.6 Å². The van der Waals surface area contributed by atoms with Crippen LogP contribution in [0.2, 0.25) is 5.02 Å². The van der Waals surface area contributed by atoms with Gasteiger partial charge in [-0.05, 0) is 52.0 Å². The molecule has 0 radical (unpaired) electrons. The summed E-state index contributed by atoms with van der Waals surface area (Å²) >= 11 is 7.59. The van der Waals surface area contributed by atoms with Crippen LogP contribution in [0.5, 0.6) is 0 Å². The van der Waals surface area contributed by atoms with Crippen LogP contribution in [0.4, 0.5) is 0 Å². The van der Waals surface area contributed by atoms with E-state index >= 15 is 0 Å². The third kappa shape index (κ3) is 8.33. The molecule has 1 aromatic rings. The highest BCUT2D eigenvalue weighted by molar-refractivity contribution is 7.99. The van der Waals surface area contributed by atoms with Gasteiger partial charge in [-0.25, -0.2) is 8.42 Å². The molecule has 0 saturated carbocycles. The van der Waals surface area contributed by atoms with E-state index in [0.29, 0.717) is 5.96 Å². The molecule has 0 spiro atoms. The molecule has 0 atom stereocenters. The van der Waals surface area contributed by atoms with Crippen LogP contribution >= 0.6 is 23.4 Å². The molecule has 5 nitrogen and oxygen atoms in total. The summed E-state index contributed by atoms with van der Waals surface area (Å²) in [5.41, 5.74) is 0. The van der Waals surface area contributed by atoms with E-state index in [4.69, 9.17) is 11.6 Å². The molecule has 1 aromatic carbocycles. The Hall–Kier alpha value is -0.920. The maximum absolute atomic E-state index is 12.1. The standard InChI is InChI=1S/C17H28ClN3O2S2/c1-5-19-16(21-11-13-25(22,23)17(2,3)4)20-10-12-24-15-8-6-14(18)7-9-15/h6-9H,5,10-13H2,1-4H3,(H2,19,20,21). The molecule has 25 heavy (non-hydrogen) atoms. The lowest BCUT2D eigenvalue weighted by Crippen LogP contribution is -2.39. The van der Waals surface area contributed by atoms with Crippen molar-refractivity contribution in [2.45, 2.75) is 37.3 Å². The van der Waals surface area contributed by atoms with Crippen molar-refractivity contribution in [3.05, 3.63) is 29.3 Å². The van der Waals surface area contributed by atoms with Crippen LogP contribution in [-0.2, 0) is 9.84 Å². The minimum Gasteiger partial charge on any atom is -0.357 e. The fraction of sp³-hybridized carbons (Fsp3) is 0.588. The second-order valence-electron chi connectivity index (χ2n) is 6.42. The van der Waals surface area contributed by atoms with Crippen molar-refractivity contribution in [2.24, 2.45) is 4.99 Å². The molecule has 0 saturated heterocycles. The maximum atomic E-state index is 12.1. The van der Waals surface area contributed by atoms with Crippen LogP contribution in [0.25, 0.3) is 0 Å². The van der Waals surface area contributed by atoms with Crippen molar-refractivity contribution in [3.8, 4) is 0 Å². The van der Waals surface area contributed by atoms with E-state index in [9.17, 15) is 8.42 Å². The summed E-state index contributed by atoms with van der Waals surface area (Å²) in [6.45, 7) is 8.81. The molecule has 0 amide bonds. The Kier molecular flexibility index (Phi) is 9.10. The number of hydrogen-bond donors (Lipinski definition) is 2. The van der Waals surface area contributed by atoms with Crippen molar-refractivity contribution in [1.82, 2.24) is 10.6 Å². The monoisotopic (exact) mass is 405 g/mol. The molecule has 142 valence electrons. The highest BCUT2D eigenvalue weighted by Crippen LogP contribution is 2.19. The first-order chi connectivity index (χ1) is 11.7. The molecular weight excluding hydrogens is 378 g/mol. The third-order valence-electron chi connectivity index (χ3n) is 3.38. The van der Waals surface area contributed by atoms with Gasteiger partial charge in [0.1, 0.15) is 0 Å². The molecule has 8 heteroatoms. The largest absolute Gasteiger partial charge is 0.357 e. The van der Waals surface area contributed by atoms with Crippen LogP contribution in [0.1, 0.15) is 27.7 Å². The number of nitrogens with zero attached hydrogens (tertiary/aromatic N) is 1. The van der Waals surface area contributed by atoms with Gasteiger partial charge in [0.15, 0.2) is 15.8 Å². The average Bonchev–Trinajstić information content (AvgIpc) is 2.52. The molecule has 0 unspecified atom stereocenters. The van der Waals surface area contributed by atoms with Crippen molar-refractivity contribution in [3.63, 3.8) is 0 Å². The number of aliphatic imine (C=N–C) groups is 1. The number of benzene rings is 1. The molecule has 0 aliphatic heterocycles. The lowest BCUT2D eigenvalue weighted by molar-refractivity contribution is 0.560. The van der Waals surface area contributed by atoms with E-state index in [1.807, 2.05) is 31.2 Å². The van der Waals surface area contributed by atoms with Crippen LogP contribution < -0.4 is 10.6 Å². The highest BCUT2D eigenvalue weighted by Gasteiger charge is 2.28. The normalized spacial score (nSPS) is 12.9. The third-order valence-corrected chi connectivity index (χ3v) is 7.24. The summed E-state index contributed by atoms with van der Waals surface area (Å²) in [6.07, 6.45) is 0. The van der Waals surface area contributed by atoms with Crippen LogP contribution in [0, 0.1) is 0 Å². The van der Waals surface area contributed by atoms with Gasteiger partial charge in [-0.2, -0.15) is 0 Å². The Morgan fingerprint density at radius 1 is 1.20 bits per heavy atom. The molecule has 0 aliphatic rings. The van der Waals surface area contributed by atoms with Gasteiger partial charge in [0.25, 0.3) is 0 Å². The maximum Gasteiger partial charge on any atom is 0.191 e. The molecule has 0 bridgehead atoms. The summed E-state index contributed by atoms with van der Waals surface area (Å²) in [7, 11) is -3.15. The second-order valence-corrected chi connectivity index (χ2v) is 10.9. The van der Waals surface area contributed by atoms with E-state index in [0.717, 1.165) is 28.8 Å². The summed E-state index contributed by atoms with van der Waals surface area (Å²) in [4.78, 5) is 5.51. The number of rotatable bonds is 8. The van der Waals surface area contributed by atoms with E-state index in [1.54, 1.807) is 32.5 Å². The van der Waals surface area contributed by atoms with Crippen LogP contribution in [0.3, 0.4) is 0 Å². The first kappa shape index (κ1) is 22.1. The predicted octanol–water partition coefficient (Wildman–Crippen LogP) is 3.20. The number of guanidine groups is 1. The second kappa shape index (κ2) is 10.3. The molecule has 0 aromatic heterocycles. The van der Waals surface area contributed by atoms with Gasteiger partial charge in [-0.15, -0.1) is 11.8 Å².